The second-order valence-electron chi connectivity index (χ2n) is 5.66. The lowest BCUT2D eigenvalue weighted by Crippen LogP contribution is -2.12. The van der Waals surface area contributed by atoms with Crippen LogP contribution in [0.4, 0.5) is 5.69 Å². The predicted molar refractivity (Wildman–Crippen MR) is 115 cm³/mol. The van der Waals surface area contributed by atoms with Crippen LogP contribution in [0.1, 0.15) is 12.2 Å². The summed E-state index contributed by atoms with van der Waals surface area (Å²) in [4.78, 5) is 12.2. The summed E-state index contributed by atoms with van der Waals surface area (Å²) < 4.78 is 8.32. The fourth-order valence-electron chi connectivity index (χ4n) is 2.44. The molecule has 3 aromatic rings. The number of nitrogens with zero attached hydrogens (tertiary/aromatic N) is 3. The zero-order valence-corrected chi connectivity index (χ0v) is 17.7. The van der Waals surface area contributed by atoms with Gasteiger partial charge in [-0.25, -0.2) is 0 Å². The van der Waals surface area contributed by atoms with Crippen LogP contribution >= 0.6 is 34.4 Å². The van der Waals surface area contributed by atoms with Gasteiger partial charge in [-0.15, -0.1) is 10.2 Å². The second kappa shape index (κ2) is 9.86. The van der Waals surface area contributed by atoms with Crippen molar-refractivity contribution in [3.63, 3.8) is 0 Å². The van der Waals surface area contributed by atoms with Crippen molar-refractivity contribution in [2.24, 2.45) is 0 Å². The molecule has 0 aliphatic heterocycles. The van der Waals surface area contributed by atoms with E-state index >= 15 is 0 Å². The first-order chi connectivity index (χ1) is 13.2. The van der Waals surface area contributed by atoms with E-state index in [1.165, 1.54) is 11.8 Å². The Kier molecular flexibility index (Phi) is 7.25. The number of halogens is 1. The van der Waals surface area contributed by atoms with E-state index in [1.807, 2.05) is 59.2 Å². The van der Waals surface area contributed by atoms with Crippen molar-refractivity contribution < 1.29 is 9.53 Å². The topological polar surface area (TPSA) is 69.0 Å². The number of amides is 1. The highest BCUT2D eigenvalue weighted by Crippen LogP contribution is 2.23. The molecule has 1 aromatic heterocycles. The normalized spacial score (nSPS) is 10.7. The van der Waals surface area contributed by atoms with E-state index in [9.17, 15) is 4.79 Å². The minimum atomic E-state index is -0.0217. The average Bonchev–Trinajstić information content (AvgIpc) is 3.07. The quantitative estimate of drug-likeness (QED) is 0.377. The Balaban J connectivity index is 1.62. The van der Waals surface area contributed by atoms with Gasteiger partial charge >= 0.3 is 0 Å². The number of anilines is 1. The maximum atomic E-state index is 12.2. The highest BCUT2D eigenvalue weighted by molar-refractivity contribution is 14.1. The van der Waals surface area contributed by atoms with Crippen LogP contribution in [-0.4, -0.2) is 33.5 Å². The van der Waals surface area contributed by atoms with E-state index in [0.717, 1.165) is 25.9 Å². The Bertz CT molecular complexity index is 884. The lowest BCUT2D eigenvalue weighted by molar-refractivity contribution is -0.115. The number of methoxy groups -OCH3 is 1. The number of hydrogen-bond donors (Lipinski definition) is 1. The number of thioether (sulfide) groups is 1. The van der Waals surface area contributed by atoms with Crippen molar-refractivity contribution in [3.8, 4) is 5.69 Å². The molecular formula is C19H19IN4O2S. The van der Waals surface area contributed by atoms with Gasteiger partial charge in [0, 0.05) is 34.2 Å². The van der Waals surface area contributed by atoms with Gasteiger partial charge in [-0.2, -0.15) is 0 Å². The van der Waals surface area contributed by atoms with Gasteiger partial charge in [0.15, 0.2) is 11.0 Å². The lowest BCUT2D eigenvalue weighted by atomic mass is 10.3. The molecule has 0 atom stereocenters. The van der Waals surface area contributed by atoms with Crippen molar-refractivity contribution in [1.82, 2.24) is 14.8 Å². The molecule has 0 saturated carbocycles. The molecule has 2 aromatic carbocycles. The van der Waals surface area contributed by atoms with Crippen LogP contribution in [0.5, 0.6) is 0 Å². The van der Waals surface area contributed by atoms with Crippen LogP contribution in [0.2, 0.25) is 0 Å². The van der Waals surface area contributed by atoms with E-state index in [4.69, 9.17) is 4.74 Å². The fourth-order valence-corrected chi connectivity index (χ4v) is 3.71. The summed E-state index contributed by atoms with van der Waals surface area (Å²) in [6.45, 7) is 0.371. The van der Waals surface area contributed by atoms with Gasteiger partial charge in [0.05, 0.1) is 0 Å². The molecule has 8 heteroatoms. The number of hydrogen-bond acceptors (Lipinski definition) is 5. The summed E-state index contributed by atoms with van der Waals surface area (Å²) in [5.74, 6) is 1.31. The number of carbonyl (C=O) groups is 1. The summed E-state index contributed by atoms with van der Waals surface area (Å²) in [7, 11) is 1.63. The smallest absolute Gasteiger partial charge is 0.225 e. The number of aromatic nitrogens is 3. The number of rotatable bonds is 8. The Labute approximate surface area is 175 Å². The van der Waals surface area contributed by atoms with Crippen LogP contribution in [0.3, 0.4) is 0 Å². The van der Waals surface area contributed by atoms with Gasteiger partial charge in [0.25, 0.3) is 0 Å². The van der Waals surface area contributed by atoms with Gasteiger partial charge in [-0.3, -0.25) is 9.36 Å². The molecule has 1 amide bonds. The molecule has 140 valence electrons. The van der Waals surface area contributed by atoms with Crippen LogP contribution in [0.15, 0.2) is 59.8 Å². The van der Waals surface area contributed by atoms with E-state index in [0.29, 0.717) is 18.8 Å². The first-order valence-electron chi connectivity index (χ1n) is 8.34. The lowest BCUT2D eigenvalue weighted by Gasteiger charge is -2.10. The Hall–Kier alpha value is -1.91. The van der Waals surface area contributed by atoms with Crippen molar-refractivity contribution >= 4 is 45.9 Å². The van der Waals surface area contributed by atoms with Crippen molar-refractivity contribution in [2.75, 3.05) is 18.2 Å². The van der Waals surface area contributed by atoms with E-state index in [-0.39, 0.29) is 5.91 Å². The molecule has 6 nitrogen and oxygen atoms in total. The number of nitrogens with one attached hydrogen (secondary N) is 1. The maximum Gasteiger partial charge on any atom is 0.225 e. The fraction of sp³-hybridized carbons (Fsp3) is 0.211. The third-order valence-electron chi connectivity index (χ3n) is 3.68. The third-order valence-corrected chi connectivity index (χ3v) is 5.33. The average molecular weight is 494 g/mol. The van der Waals surface area contributed by atoms with E-state index in [1.54, 1.807) is 7.11 Å². The van der Waals surface area contributed by atoms with Crippen molar-refractivity contribution in [1.29, 1.82) is 0 Å². The van der Waals surface area contributed by atoms with Gasteiger partial charge in [0.1, 0.15) is 6.61 Å². The molecule has 27 heavy (non-hydrogen) atoms. The predicted octanol–water partition coefficient (Wildman–Crippen LogP) is 4.14. The highest BCUT2D eigenvalue weighted by Gasteiger charge is 2.14. The maximum absolute atomic E-state index is 12.2. The van der Waals surface area contributed by atoms with E-state index in [2.05, 4.69) is 38.1 Å². The van der Waals surface area contributed by atoms with Gasteiger partial charge in [0.2, 0.25) is 5.91 Å². The zero-order chi connectivity index (χ0) is 19.1. The summed E-state index contributed by atoms with van der Waals surface area (Å²) in [5.41, 5.74) is 1.78. The summed E-state index contributed by atoms with van der Waals surface area (Å²) >= 11 is 3.74. The molecule has 1 N–H and O–H groups in total. The summed E-state index contributed by atoms with van der Waals surface area (Å²) in [6, 6.07) is 17.6. The van der Waals surface area contributed by atoms with Crippen LogP contribution in [0.25, 0.3) is 5.69 Å². The second-order valence-corrected chi connectivity index (χ2v) is 7.96. The minimum absolute atomic E-state index is 0.0217. The Morgan fingerprint density at radius 1 is 1.15 bits per heavy atom. The first kappa shape index (κ1) is 19.8. The highest BCUT2D eigenvalue weighted by atomic mass is 127. The largest absolute Gasteiger partial charge is 0.377 e. The molecule has 0 unspecified atom stereocenters. The van der Waals surface area contributed by atoms with Crippen LogP contribution in [-0.2, 0) is 16.1 Å². The third kappa shape index (κ3) is 5.53. The monoisotopic (exact) mass is 494 g/mol. The molecule has 3 rings (SSSR count). The summed E-state index contributed by atoms with van der Waals surface area (Å²) in [5, 5.41) is 12.1. The molecule has 0 saturated heterocycles. The Morgan fingerprint density at radius 3 is 2.59 bits per heavy atom. The first-order valence-corrected chi connectivity index (χ1v) is 10.4. The molecule has 0 fully saturated rings. The molecule has 1 heterocycles. The zero-order valence-electron chi connectivity index (χ0n) is 14.8. The number of carbonyl (C=O) groups excluding carboxylic acids is 1. The minimum Gasteiger partial charge on any atom is -0.377 e. The molecule has 0 bridgehead atoms. The number of ether oxygens (including phenoxy) is 1. The van der Waals surface area contributed by atoms with Crippen LogP contribution in [0, 0.1) is 3.57 Å². The van der Waals surface area contributed by atoms with Crippen molar-refractivity contribution in [3.05, 3.63) is 64.0 Å². The molecular weight excluding hydrogens is 475 g/mol. The number of benzene rings is 2. The van der Waals surface area contributed by atoms with Crippen molar-refractivity contribution in [2.45, 2.75) is 18.2 Å². The Morgan fingerprint density at radius 2 is 1.89 bits per heavy atom. The SMILES string of the molecule is COCc1nnc(SCCC(=O)Nc2ccc(I)cc2)n1-c1ccccc1. The molecule has 0 aliphatic carbocycles. The van der Waals surface area contributed by atoms with E-state index < -0.39 is 0 Å². The van der Waals surface area contributed by atoms with Gasteiger partial charge in [-0.05, 0) is 59.0 Å². The van der Waals surface area contributed by atoms with Crippen LogP contribution < -0.4 is 5.32 Å². The molecule has 0 aliphatic rings. The molecule has 0 radical (unpaired) electrons. The number of para-hydroxylation sites is 1. The summed E-state index contributed by atoms with van der Waals surface area (Å²) in [6.07, 6.45) is 0.387. The molecule has 0 spiro atoms. The van der Waals surface area contributed by atoms with Gasteiger partial charge in [-0.1, -0.05) is 30.0 Å². The standard InChI is InChI=1S/C19H19IN4O2S/c1-26-13-17-22-23-19(24(17)16-5-3-2-4-6-16)27-12-11-18(25)21-15-9-7-14(20)8-10-15/h2-10H,11-13H2,1H3,(H,21,25). The van der Waals surface area contributed by atoms with Gasteiger partial charge < -0.3 is 10.1 Å².